The Kier molecular flexibility index (Phi) is 4.53. The van der Waals surface area contributed by atoms with Crippen molar-refractivity contribution in [3.63, 3.8) is 0 Å². The van der Waals surface area contributed by atoms with Crippen molar-refractivity contribution in [2.24, 2.45) is 0 Å². The van der Waals surface area contributed by atoms with Gasteiger partial charge >= 0.3 is 5.97 Å². The molecule has 1 aliphatic rings. The van der Waals surface area contributed by atoms with Crippen LogP contribution < -0.4 is 0 Å². The summed E-state index contributed by atoms with van der Waals surface area (Å²) in [6.07, 6.45) is 2.28. The molecule has 0 saturated carbocycles. The topological polar surface area (TPSA) is 66.8 Å². The van der Waals surface area contributed by atoms with Gasteiger partial charge in [-0.2, -0.15) is 0 Å². The number of morpholine rings is 1. The summed E-state index contributed by atoms with van der Waals surface area (Å²) in [6.45, 7) is 2.74. The van der Waals surface area contributed by atoms with E-state index in [2.05, 4.69) is 0 Å². The first-order valence-corrected chi connectivity index (χ1v) is 6.44. The molecule has 0 bridgehead atoms. The molecular weight excluding hydrogens is 258 g/mol. The molecule has 0 spiro atoms. The van der Waals surface area contributed by atoms with Crippen LogP contribution in [0.3, 0.4) is 0 Å². The Morgan fingerprint density at radius 2 is 2.25 bits per heavy atom. The lowest BCUT2D eigenvalue weighted by Crippen LogP contribution is -2.48. The number of carbonyl (C=O) groups is 2. The van der Waals surface area contributed by atoms with Gasteiger partial charge in [-0.05, 0) is 18.6 Å². The van der Waals surface area contributed by atoms with Crippen LogP contribution in [0.4, 0.5) is 0 Å². The predicted molar refractivity (Wildman–Crippen MR) is 74.2 cm³/mol. The van der Waals surface area contributed by atoms with E-state index in [4.69, 9.17) is 9.84 Å². The first-order valence-electron chi connectivity index (χ1n) is 6.44. The molecule has 1 aromatic rings. The lowest BCUT2D eigenvalue weighted by Gasteiger charge is -2.30. The van der Waals surface area contributed by atoms with Crippen LogP contribution in [0.1, 0.15) is 11.1 Å². The normalized spacial score (nSPS) is 19.2. The van der Waals surface area contributed by atoms with Crippen LogP contribution in [0.25, 0.3) is 6.08 Å². The Morgan fingerprint density at radius 3 is 2.95 bits per heavy atom. The van der Waals surface area contributed by atoms with Gasteiger partial charge < -0.3 is 14.7 Å². The van der Waals surface area contributed by atoms with Gasteiger partial charge in [0.15, 0.2) is 6.10 Å². The van der Waals surface area contributed by atoms with E-state index in [-0.39, 0.29) is 19.1 Å². The van der Waals surface area contributed by atoms with E-state index in [1.807, 2.05) is 31.2 Å². The van der Waals surface area contributed by atoms with Crippen molar-refractivity contribution in [2.75, 3.05) is 19.7 Å². The number of rotatable bonds is 3. The van der Waals surface area contributed by atoms with E-state index in [9.17, 15) is 9.59 Å². The van der Waals surface area contributed by atoms with E-state index in [1.54, 1.807) is 6.08 Å². The molecule has 1 aliphatic heterocycles. The first-order chi connectivity index (χ1) is 9.56. The Balaban J connectivity index is 1.99. The molecule has 1 amide bonds. The number of aryl methyl sites for hydroxylation is 1. The fourth-order valence-corrected chi connectivity index (χ4v) is 2.05. The number of nitrogens with zero attached hydrogens (tertiary/aromatic N) is 1. The maximum atomic E-state index is 12.0. The Bertz CT molecular complexity index is 538. The minimum absolute atomic E-state index is 0.0896. The van der Waals surface area contributed by atoms with Crippen LogP contribution in [0.5, 0.6) is 0 Å². The number of benzene rings is 1. The molecule has 0 aromatic heterocycles. The largest absolute Gasteiger partial charge is 0.479 e. The number of hydrogen-bond acceptors (Lipinski definition) is 3. The van der Waals surface area contributed by atoms with Crippen molar-refractivity contribution in [1.29, 1.82) is 0 Å². The van der Waals surface area contributed by atoms with Crippen molar-refractivity contribution in [2.45, 2.75) is 13.0 Å². The average Bonchev–Trinajstić information content (AvgIpc) is 2.45. The molecule has 1 aromatic carbocycles. The maximum absolute atomic E-state index is 12.0. The molecule has 0 radical (unpaired) electrons. The highest BCUT2D eigenvalue weighted by Crippen LogP contribution is 2.09. The van der Waals surface area contributed by atoms with E-state index >= 15 is 0 Å². The van der Waals surface area contributed by atoms with Gasteiger partial charge in [-0.25, -0.2) is 4.79 Å². The molecule has 20 heavy (non-hydrogen) atoms. The number of amides is 1. The highest BCUT2D eigenvalue weighted by Gasteiger charge is 2.27. The van der Waals surface area contributed by atoms with Crippen molar-refractivity contribution < 1.29 is 19.4 Å². The summed E-state index contributed by atoms with van der Waals surface area (Å²) < 4.78 is 5.08. The number of carboxylic acids is 1. The van der Waals surface area contributed by atoms with Crippen LogP contribution in [-0.2, 0) is 14.3 Å². The summed E-state index contributed by atoms with van der Waals surface area (Å²) in [6, 6.07) is 7.80. The van der Waals surface area contributed by atoms with E-state index in [0.29, 0.717) is 6.54 Å². The van der Waals surface area contributed by atoms with Crippen molar-refractivity contribution in [3.8, 4) is 0 Å². The monoisotopic (exact) mass is 275 g/mol. The second-order valence-electron chi connectivity index (χ2n) is 4.73. The van der Waals surface area contributed by atoms with Crippen LogP contribution in [0.15, 0.2) is 30.3 Å². The van der Waals surface area contributed by atoms with Gasteiger partial charge in [0.05, 0.1) is 13.2 Å². The van der Waals surface area contributed by atoms with Gasteiger partial charge in [-0.1, -0.05) is 29.8 Å². The second-order valence-corrected chi connectivity index (χ2v) is 4.73. The second kappa shape index (κ2) is 6.34. The highest BCUT2D eigenvalue weighted by atomic mass is 16.5. The average molecular weight is 275 g/mol. The summed E-state index contributed by atoms with van der Waals surface area (Å²) >= 11 is 0. The van der Waals surface area contributed by atoms with Crippen molar-refractivity contribution >= 4 is 18.0 Å². The van der Waals surface area contributed by atoms with E-state index in [1.165, 1.54) is 11.0 Å². The van der Waals surface area contributed by atoms with Crippen LogP contribution in [-0.4, -0.2) is 47.7 Å². The Labute approximate surface area is 117 Å². The fraction of sp³-hybridized carbons (Fsp3) is 0.333. The predicted octanol–water partition coefficient (Wildman–Crippen LogP) is 1.32. The molecule has 0 unspecified atom stereocenters. The quantitative estimate of drug-likeness (QED) is 0.845. The minimum Gasteiger partial charge on any atom is -0.479 e. The lowest BCUT2D eigenvalue weighted by molar-refractivity contribution is -0.158. The molecule has 5 heteroatoms. The molecule has 106 valence electrons. The zero-order chi connectivity index (χ0) is 14.5. The summed E-state index contributed by atoms with van der Waals surface area (Å²) in [5.74, 6) is -1.23. The zero-order valence-corrected chi connectivity index (χ0v) is 11.3. The van der Waals surface area contributed by atoms with Gasteiger partial charge in [0, 0.05) is 12.6 Å². The highest BCUT2D eigenvalue weighted by molar-refractivity contribution is 5.92. The van der Waals surface area contributed by atoms with Gasteiger partial charge in [-0.3, -0.25) is 4.79 Å². The van der Waals surface area contributed by atoms with E-state index in [0.717, 1.165) is 11.1 Å². The third-order valence-corrected chi connectivity index (χ3v) is 3.11. The summed E-state index contributed by atoms with van der Waals surface area (Å²) in [5, 5.41) is 8.90. The van der Waals surface area contributed by atoms with Crippen LogP contribution in [0.2, 0.25) is 0 Å². The molecule has 1 heterocycles. The molecule has 1 N–H and O–H groups in total. The zero-order valence-electron chi connectivity index (χ0n) is 11.3. The van der Waals surface area contributed by atoms with Crippen LogP contribution in [0, 0.1) is 6.92 Å². The molecular formula is C15H17NO4. The van der Waals surface area contributed by atoms with Crippen LogP contribution >= 0.6 is 0 Å². The third kappa shape index (κ3) is 3.68. The molecule has 1 fully saturated rings. The van der Waals surface area contributed by atoms with Crippen molar-refractivity contribution in [3.05, 3.63) is 41.5 Å². The van der Waals surface area contributed by atoms with Gasteiger partial charge in [0.2, 0.25) is 5.91 Å². The van der Waals surface area contributed by atoms with E-state index < -0.39 is 12.1 Å². The number of hydrogen-bond donors (Lipinski definition) is 1. The summed E-state index contributed by atoms with van der Waals surface area (Å²) in [7, 11) is 0. The first kappa shape index (κ1) is 14.3. The van der Waals surface area contributed by atoms with Gasteiger partial charge in [-0.15, -0.1) is 0 Å². The third-order valence-electron chi connectivity index (χ3n) is 3.11. The Morgan fingerprint density at radius 1 is 1.45 bits per heavy atom. The molecule has 1 saturated heterocycles. The van der Waals surface area contributed by atoms with Gasteiger partial charge in [0.1, 0.15) is 0 Å². The smallest absolute Gasteiger partial charge is 0.334 e. The van der Waals surface area contributed by atoms with Crippen molar-refractivity contribution in [1.82, 2.24) is 4.90 Å². The number of ether oxygens (including phenoxy) is 1. The minimum atomic E-state index is -1.04. The summed E-state index contributed by atoms with van der Waals surface area (Å²) in [5.41, 5.74) is 2.07. The number of carboxylic acid groups (broad SMARTS) is 1. The lowest BCUT2D eigenvalue weighted by atomic mass is 10.1. The molecule has 1 atom stereocenters. The summed E-state index contributed by atoms with van der Waals surface area (Å²) in [4.78, 5) is 24.4. The molecule has 5 nitrogen and oxygen atoms in total. The fourth-order valence-electron chi connectivity index (χ4n) is 2.05. The Hall–Kier alpha value is -2.14. The maximum Gasteiger partial charge on any atom is 0.334 e. The number of carbonyl (C=O) groups excluding carboxylic acids is 1. The standard InChI is InChI=1S/C15H17NO4/c1-11-3-2-4-12(9-11)5-6-14(17)16-7-8-20-13(10-16)15(18)19/h2-6,9,13H,7-8,10H2,1H3,(H,18,19)/b6-5-/t13-/m1/s1. The molecule has 2 rings (SSSR count). The van der Waals surface area contributed by atoms with Gasteiger partial charge in [0.25, 0.3) is 0 Å². The molecule has 0 aliphatic carbocycles. The number of aliphatic carboxylic acids is 1. The SMILES string of the molecule is Cc1cccc(/C=C\C(=O)N2CCO[C@@H](C(=O)O)C2)c1.